The third-order valence-electron chi connectivity index (χ3n) is 5.27. The Morgan fingerprint density at radius 3 is 2.06 bits per heavy atom. The monoisotopic (exact) mass is 484 g/mol. The van der Waals surface area contributed by atoms with E-state index in [0.29, 0.717) is 17.2 Å². The highest BCUT2D eigenvalue weighted by atomic mass is 32.2. The van der Waals surface area contributed by atoms with Crippen molar-refractivity contribution in [1.29, 1.82) is 0 Å². The standard InChI is InChI=1S/C25H28N2O6S/c1-18(21-9-5-7-11-23(21)32-3)26-25(28)17-27(22-10-6-8-12-24(22)33-4)34(29,30)20-15-13-19(31-2)14-16-20/h5-16,18H,17H2,1-4H3,(H,26,28). The predicted octanol–water partition coefficient (Wildman–Crippen LogP) is 3.79. The van der Waals surface area contributed by atoms with Crippen LogP contribution in [-0.2, 0) is 14.8 Å². The third-order valence-corrected chi connectivity index (χ3v) is 7.05. The molecule has 3 aromatic carbocycles. The number of amides is 1. The molecule has 0 bridgehead atoms. The van der Waals surface area contributed by atoms with E-state index in [4.69, 9.17) is 14.2 Å². The summed E-state index contributed by atoms with van der Waals surface area (Å²) < 4.78 is 44.2. The van der Waals surface area contributed by atoms with Crippen molar-refractivity contribution in [2.75, 3.05) is 32.2 Å². The number of hydrogen-bond acceptors (Lipinski definition) is 6. The highest BCUT2D eigenvalue weighted by Crippen LogP contribution is 2.33. The molecule has 0 aliphatic carbocycles. The lowest BCUT2D eigenvalue weighted by atomic mass is 10.1. The quantitative estimate of drug-likeness (QED) is 0.471. The van der Waals surface area contributed by atoms with E-state index in [-0.39, 0.29) is 10.6 Å². The average molecular weight is 485 g/mol. The Kier molecular flexibility index (Phi) is 8.01. The van der Waals surface area contributed by atoms with Crippen LogP contribution in [0.25, 0.3) is 0 Å². The van der Waals surface area contributed by atoms with E-state index in [1.54, 1.807) is 56.5 Å². The summed E-state index contributed by atoms with van der Waals surface area (Å²) in [5.41, 5.74) is 1.03. The minimum atomic E-state index is -4.11. The molecule has 8 nitrogen and oxygen atoms in total. The Hall–Kier alpha value is -3.72. The first-order chi connectivity index (χ1) is 16.3. The van der Waals surface area contributed by atoms with E-state index in [2.05, 4.69) is 5.32 Å². The van der Waals surface area contributed by atoms with Crippen molar-refractivity contribution < 1.29 is 27.4 Å². The second-order valence-corrected chi connectivity index (χ2v) is 9.25. The molecular formula is C25H28N2O6S. The van der Waals surface area contributed by atoms with Crippen molar-refractivity contribution in [2.24, 2.45) is 0 Å². The van der Waals surface area contributed by atoms with Gasteiger partial charge in [0.05, 0.1) is 38.0 Å². The molecule has 0 aromatic heterocycles. The number of carbonyl (C=O) groups excluding carboxylic acids is 1. The summed E-state index contributed by atoms with van der Waals surface area (Å²) in [7, 11) is 0.389. The maximum atomic E-state index is 13.6. The van der Waals surface area contributed by atoms with Gasteiger partial charge in [-0.25, -0.2) is 8.42 Å². The van der Waals surface area contributed by atoms with E-state index in [0.717, 1.165) is 9.87 Å². The number of benzene rings is 3. The summed E-state index contributed by atoms with van der Waals surface area (Å²) in [6, 6.07) is 19.5. The lowest BCUT2D eigenvalue weighted by Crippen LogP contribution is -2.41. The van der Waals surface area contributed by atoms with Crippen molar-refractivity contribution in [1.82, 2.24) is 5.32 Å². The van der Waals surface area contributed by atoms with Crippen LogP contribution in [0.3, 0.4) is 0 Å². The summed E-state index contributed by atoms with van der Waals surface area (Å²) in [5.74, 6) is 0.987. The molecule has 0 saturated carbocycles. The molecule has 0 saturated heterocycles. The molecule has 0 spiro atoms. The largest absolute Gasteiger partial charge is 0.497 e. The van der Waals surface area contributed by atoms with Gasteiger partial charge in [-0.2, -0.15) is 0 Å². The maximum Gasteiger partial charge on any atom is 0.264 e. The molecule has 0 heterocycles. The fraction of sp³-hybridized carbons (Fsp3) is 0.240. The van der Waals surface area contributed by atoms with Crippen LogP contribution in [0, 0.1) is 0 Å². The molecule has 0 radical (unpaired) electrons. The Morgan fingerprint density at radius 2 is 1.44 bits per heavy atom. The zero-order chi connectivity index (χ0) is 24.7. The van der Waals surface area contributed by atoms with Gasteiger partial charge in [0.25, 0.3) is 10.0 Å². The molecule has 0 aliphatic heterocycles. The van der Waals surface area contributed by atoms with Crippen molar-refractivity contribution in [3.05, 3.63) is 78.4 Å². The number of methoxy groups -OCH3 is 3. The fourth-order valence-corrected chi connectivity index (χ4v) is 4.96. The number of nitrogens with one attached hydrogen (secondary N) is 1. The molecule has 0 aliphatic rings. The number of para-hydroxylation sites is 3. The molecule has 0 fully saturated rings. The zero-order valence-corrected chi connectivity index (χ0v) is 20.3. The summed E-state index contributed by atoms with van der Waals surface area (Å²) in [6.07, 6.45) is 0. The van der Waals surface area contributed by atoms with Gasteiger partial charge >= 0.3 is 0 Å². The van der Waals surface area contributed by atoms with Gasteiger partial charge in [0, 0.05) is 5.56 Å². The maximum absolute atomic E-state index is 13.6. The first-order valence-corrected chi connectivity index (χ1v) is 12.0. The van der Waals surface area contributed by atoms with E-state index >= 15 is 0 Å². The van der Waals surface area contributed by atoms with E-state index in [1.807, 2.05) is 18.2 Å². The molecule has 1 N–H and O–H groups in total. The molecule has 1 atom stereocenters. The van der Waals surface area contributed by atoms with Gasteiger partial charge in [-0.3, -0.25) is 9.10 Å². The Bertz CT molecular complexity index is 1230. The van der Waals surface area contributed by atoms with Gasteiger partial charge in [0.2, 0.25) is 5.91 Å². The average Bonchev–Trinajstić information content (AvgIpc) is 2.87. The smallest absolute Gasteiger partial charge is 0.264 e. The molecule has 1 amide bonds. The second kappa shape index (κ2) is 10.9. The first kappa shape index (κ1) is 24.9. The number of carbonyl (C=O) groups is 1. The normalized spacial score (nSPS) is 11.9. The lowest BCUT2D eigenvalue weighted by molar-refractivity contribution is -0.120. The van der Waals surface area contributed by atoms with E-state index < -0.39 is 28.5 Å². The van der Waals surface area contributed by atoms with Gasteiger partial charge in [-0.15, -0.1) is 0 Å². The lowest BCUT2D eigenvalue weighted by Gasteiger charge is -2.26. The van der Waals surface area contributed by atoms with Crippen LogP contribution >= 0.6 is 0 Å². The van der Waals surface area contributed by atoms with Gasteiger partial charge in [-0.1, -0.05) is 30.3 Å². The van der Waals surface area contributed by atoms with Gasteiger partial charge in [0.15, 0.2) is 0 Å². The van der Waals surface area contributed by atoms with Crippen LogP contribution < -0.4 is 23.8 Å². The first-order valence-electron chi connectivity index (χ1n) is 10.5. The van der Waals surface area contributed by atoms with Crippen molar-refractivity contribution >= 4 is 21.6 Å². The van der Waals surface area contributed by atoms with Crippen LogP contribution in [0.2, 0.25) is 0 Å². The Labute approximate surface area is 200 Å². The van der Waals surface area contributed by atoms with Crippen molar-refractivity contribution in [2.45, 2.75) is 17.9 Å². The Morgan fingerprint density at radius 1 is 0.853 bits per heavy atom. The van der Waals surface area contributed by atoms with E-state index in [9.17, 15) is 13.2 Å². The highest BCUT2D eigenvalue weighted by molar-refractivity contribution is 7.92. The van der Waals surface area contributed by atoms with Crippen LogP contribution in [0.5, 0.6) is 17.2 Å². The summed E-state index contributed by atoms with van der Waals surface area (Å²) in [5, 5.41) is 2.86. The molecule has 3 aromatic rings. The van der Waals surface area contributed by atoms with Gasteiger partial charge < -0.3 is 19.5 Å². The highest BCUT2D eigenvalue weighted by Gasteiger charge is 2.30. The van der Waals surface area contributed by atoms with Crippen LogP contribution in [0.15, 0.2) is 77.7 Å². The molecule has 1 unspecified atom stereocenters. The Balaban J connectivity index is 1.95. The third kappa shape index (κ3) is 5.43. The summed E-state index contributed by atoms with van der Waals surface area (Å²) in [6.45, 7) is 1.36. The van der Waals surface area contributed by atoms with Crippen LogP contribution in [-0.4, -0.2) is 42.2 Å². The molecule has 9 heteroatoms. The number of anilines is 1. The minimum Gasteiger partial charge on any atom is -0.497 e. The molecular weight excluding hydrogens is 456 g/mol. The van der Waals surface area contributed by atoms with Crippen LogP contribution in [0.4, 0.5) is 5.69 Å². The van der Waals surface area contributed by atoms with Crippen LogP contribution in [0.1, 0.15) is 18.5 Å². The number of sulfonamides is 1. The van der Waals surface area contributed by atoms with Gasteiger partial charge in [0.1, 0.15) is 23.8 Å². The number of ether oxygens (including phenoxy) is 3. The second-order valence-electron chi connectivity index (χ2n) is 7.39. The zero-order valence-electron chi connectivity index (χ0n) is 19.5. The SMILES string of the molecule is COc1ccc(S(=O)(=O)N(CC(=O)NC(C)c2ccccc2OC)c2ccccc2OC)cc1. The predicted molar refractivity (Wildman–Crippen MR) is 130 cm³/mol. The molecule has 3 rings (SSSR count). The number of nitrogens with zero attached hydrogens (tertiary/aromatic N) is 1. The summed E-state index contributed by atoms with van der Waals surface area (Å²) >= 11 is 0. The number of rotatable bonds is 10. The fourth-order valence-electron chi connectivity index (χ4n) is 3.53. The van der Waals surface area contributed by atoms with E-state index in [1.165, 1.54) is 26.4 Å². The molecule has 180 valence electrons. The number of hydrogen-bond donors (Lipinski definition) is 1. The van der Waals surface area contributed by atoms with Crippen molar-refractivity contribution in [3.8, 4) is 17.2 Å². The molecule has 34 heavy (non-hydrogen) atoms. The van der Waals surface area contributed by atoms with Gasteiger partial charge in [-0.05, 0) is 49.4 Å². The topological polar surface area (TPSA) is 94.2 Å². The minimum absolute atomic E-state index is 0.0183. The van der Waals surface area contributed by atoms with Crippen molar-refractivity contribution in [3.63, 3.8) is 0 Å². The summed E-state index contributed by atoms with van der Waals surface area (Å²) in [4.78, 5) is 13.1.